The van der Waals surface area contributed by atoms with Crippen LogP contribution in [0.4, 0.5) is 5.69 Å². The summed E-state index contributed by atoms with van der Waals surface area (Å²) >= 11 is 0. The van der Waals surface area contributed by atoms with Crippen LogP contribution in [0.1, 0.15) is 6.92 Å². The molecule has 0 aliphatic rings. The van der Waals surface area contributed by atoms with E-state index >= 15 is 0 Å². The molecule has 0 bridgehead atoms. The van der Waals surface area contributed by atoms with E-state index in [1.54, 1.807) is 0 Å². The topological polar surface area (TPSA) is 139 Å². The number of rotatable bonds is 5. The highest BCUT2D eigenvalue weighted by atomic mass is 32.2. The summed E-state index contributed by atoms with van der Waals surface area (Å²) in [6.07, 6.45) is 0.988. The van der Waals surface area contributed by atoms with E-state index in [0.29, 0.717) is 0 Å². The Balaban J connectivity index is 3.21. The molecule has 1 aromatic rings. The Morgan fingerprint density at radius 2 is 1.95 bits per heavy atom. The maximum atomic E-state index is 11.4. The number of azo groups is 1. The van der Waals surface area contributed by atoms with Crippen molar-refractivity contribution in [3.63, 3.8) is 0 Å². The molecular formula is C11H13N3O5S. The molecule has 0 spiro atoms. The van der Waals surface area contributed by atoms with Crippen LogP contribution < -0.4 is 5.73 Å². The number of ketones is 1. The van der Waals surface area contributed by atoms with Crippen LogP contribution in [0.15, 0.2) is 33.3 Å². The van der Waals surface area contributed by atoms with Crippen molar-refractivity contribution >= 4 is 27.2 Å². The van der Waals surface area contributed by atoms with Crippen LogP contribution in [0.2, 0.25) is 0 Å². The van der Waals surface area contributed by atoms with Gasteiger partial charge in [0.2, 0.25) is 6.04 Å². The number of carbonyl (C=O) groups excluding carboxylic acids is 2. The van der Waals surface area contributed by atoms with E-state index in [1.165, 1.54) is 6.07 Å². The molecule has 108 valence electrons. The standard InChI is InChI=1S/C11H13N3O5S/c1-6(15)10(11(12)17)14-13-8-5-7(20(2,18)19)3-4-9(8)16/h3-5,10,16H,1-2H3,(H2,12,17). The minimum absolute atomic E-state index is 0.0808. The van der Waals surface area contributed by atoms with E-state index in [2.05, 4.69) is 10.2 Å². The van der Waals surface area contributed by atoms with Crippen molar-refractivity contribution in [2.75, 3.05) is 6.26 Å². The molecule has 1 unspecified atom stereocenters. The van der Waals surface area contributed by atoms with Gasteiger partial charge in [-0.3, -0.25) is 9.59 Å². The Labute approximate surface area is 115 Å². The highest BCUT2D eigenvalue weighted by molar-refractivity contribution is 7.90. The number of nitrogens with zero attached hydrogens (tertiary/aromatic N) is 2. The number of benzene rings is 1. The van der Waals surface area contributed by atoms with Crippen LogP contribution in [0.5, 0.6) is 5.75 Å². The van der Waals surface area contributed by atoms with Gasteiger partial charge in [0.25, 0.3) is 5.91 Å². The fourth-order valence-electron chi connectivity index (χ4n) is 1.27. The minimum atomic E-state index is -3.48. The first-order valence-electron chi connectivity index (χ1n) is 5.36. The van der Waals surface area contributed by atoms with E-state index in [9.17, 15) is 23.1 Å². The van der Waals surface area contributed by atoms with Gasteiger partial charge in [-0.1, -0.05) is 0 Å². The van der Waals surface area contributed by atoms with Gasteiger partial charge in [0.15, 0.2) is 15.6 Å². The Morgan fingerprint density at radius 1 is 1.35 bits per heavy atom. The average molecular weight is 299 g/mol. The summed E-state index contributed by atoms with van der Waals surface area (Å²) in [6.45, 7) is 1.11. The Hall–Kier alpha value is -2.29. The number of sulfone groups is 1. The molecule has 0 saturated heterocycles. The molecule has 3 N–H and O–H groups in total. The van der Waals surface area contributed by atoms with Crippen molar-refractivity contribution in [2.24, 2.45) is 16.0 Å². The molecule has 20 heavy (non-hydrogen) atoms. The van der Waals surface area contributed by atoms with E-state index in [1.807, 2.05) is 0 Å². The van der Waals surface area contributed by atoms with Gasteiger partial charge in [-0.05, 0) is 25.1 Å². The van der Waals surface area contributed by atoms with Gasteiger partial charge in [0.05, 0.1) is 4.90 Å². The molecule has 1 atom stereocenters. The number of hydrogen-bond donors (Lipinski definition) is 2. The van der Waals surface area contributed by atoms with E-state index in [4.69, 9.17) is 5.73 Å². The lowest BCUT2D eigenvalue weighted by molar-refractivity contribution is -0.127. The van der Waals surface area contributed by atoms with Crippen molar-refractivity contribution in [1.29, 1.82) is 0 Å². The number of aromatic hydroxyl groups is 1. The zero-order valence-electron chi connectivity index (χ0n) is 10.8. The number of amides is 1. The number of primary amides is 1. The summed E-state index contributed by atoms with van der Waals surface area (Å²) in [5, 5.41) is 16.5. The molecule has 9 heteroatoms. The first-order valence-corrected chi connectivity index (χ1v) is 7.25. The van der Waals surface area contributed by atoms with Crippen molar-refractivity contribution in [3.05, 3.63) is 18.2 Å². The molecule has 0 aliphatic carbocycles. The summed E-state index contributed by atoms with van der Waals surface area (Å²) in [5.41, 5.74) is 4.79. The fourth-order valence-corrected chi connectivity index (χ4v) is 1.91. The number of phenolic OH excluding ortho intramolecular Hbond substituents is 1. The van der Waals surface area contributed by atoms with Crippen LogP contribution in [-0.2, 0) is 19.4 Å². The monoisotopic (exact) mass is 299 g/mol. The highest BCUT2D eigenvalue weighted by Crippen LogP contribution is 2.29. The van der Waals surface area contributed by atoms with Crippen LogP contribution >= 0.6 is 0 Å². The van der Waals surface area contributed by atoms with Crippen LogP contribution in [0, 0.1) is 0 Å². The Bertz CT molecular complexity index is 667. The van der Waals surface area contributed by atoms with Crippen molar-refractivity contribution in [3.8, 4) is 5.75 Å². The molecule has 0 aliphatic heterocycles. The van der Waals surface area contributed by atoms with E-state index in [0.717, 1.165) is 25.3 Å². The van der Waals surface area contributed by atoms with Crippen LogP contribution in [0.3, 0.4) is 0 Å². The second kappa shape index (κ2) is 5.78. The minimum Gasteiger partial charge on any atom is -0.506 e. The Morgan fingerprint density at radius 3 is 2.40 bits per heavy atom. The normalized spacial score (nSPS) is 13.3. The molecule has 1 amide bonds. The van der Waals surface area contributed by atoms with Crippen molar-refractivity contribution in [1.82, 2.24) is 0 Å². The largest absolute Gasteiger partial charge is 0.506 e. The quantitative estimate of drug-likeness (QED) is 0.595. The third-order valence-corrected chi connectivity index (χ3v) is 3.42. The maximum absolute atomic E-state index is 11.4. The lowest BCUT2D eigenvalue weighted by Crippen LogP contribution is -2.32. The molecule has 8 nitrogen and oxygen atoms in total. The third kappa shape index (κ3) is 3.85. The first kappa shape index (κ1) is 15.8. The van der Waals surface area contributed by atoms with Crippen molar-refractivity contribution in [2.45, 2.75) is 17.9 Å². The lowest BCUT2D eigenvalue weighted by Gasteiger charge is -2.04. The number of phenols is 1. The van der Waals surface area contributed by atoms with Gasteiger partial charge in [-0.2, -0.15) is 10.2 Å². The molecule has 0 aromatic heterocycles. The van der Waals surface area contributed by atoms with Gasteiger partial charge in [0, 0.05) is 6.26 Å². The second-order valence-corrected chi connectivity index (χ2v) is 6.07. The lowest BCUT2D eigenvalue weighted by atomic mass is 10.2. The first-order chi connectivity index (χ1) is 9.12. The smallest absolute Gasteiger partial charge is 0.251 e. The summed E-state index contributed by atoms with van der Waals surface area (Å²) < 4.78 is 22.7. The number of nitrogens with two attached hydrogens (primary N) is 1. The van der Waals surface area contributed by atoms with Crippen LogP contribution in [0.25, 0.3) is 0 Å². The number of hydrogen-bond acceptors (Lipinski definition) is 7. The summed E-state index contributed by atoms with van der Waals surface area (Å²) in [7, 11) is -3.48. The van der Waals surface area contributed by atoms with Gasteiger partial charge < -0.3 is 10.8 Å². The third-order valence-electron chi connectivity index (χ3n) is 2.31. The van der Waals surface area contributed by atoms with Gasteiger partial charge in [0.1, 0.15) is 11.4 Å². The average Bonchev–Trinajstić information content (AvgIpc) is 2.29. The van der Waals surface area contributed by atoms with Crippen molar-refractivity contribution < 1.29 is 23.1 Å². The predicted molar refractivity (Wildman–Crippen MR) is 69.4 cm³/mol. The molecular weight excluding hydrogens is 286 g/mol. The molecule has 0 saturated carbocycles. The molecule has 0 fully saturated rings. The summed E-state index contributed by atoms with van der Waals surface area (Å²) in [6, 6.07) is 1.92. The summed E-state index contributed by atoms with van der Waals surface area (Å²) in [4.78, 5) is 22.0. The highest BCUT2D eigenvalue weighted by Gasteiger charge is 2.20. The van der Waals surface area contributed by atoms with Gasteiger partial charge in [-0.15, -0.1) is 0 Å². The van der Waals surface area contributed by atoms with E-state index in [-0.39, 0.29) is 16.3 Å². The maximum Gasteiger partial charge on any atom is 0.251 e. The van der Waals surface area contributed by atoms with Crippen LogP contribution in [-0.4, -0.2) is 37.5 Å². The molecule has 0 heterocycles. The Kier molecular flexibility index (Phi) is 4.56. The predicted octanol–water partition coefficient (Wildman–Crippen LogP) is 0.322. The summed E-state index contributed by atoms with van der Waals surface area (Å²) in [5.74, 6) is -1.94. The zero-order chi connectivity index (χ0) is 15.5. The van der Waals surface area contributed by atoms with E-state index < -0.39 is 27.6 Å². The number of carbonyl (C=O) groups is 2. The zero-order valence-corrected chi connectivity index (χ0v) is 11.6. The second-order valence-electron chi connectivity index (χ2n) is 4.05. The van der Waals surface area contributed by atoms with Gasteiger partial charge in [-0.25, -0.2) is 8.42 Å². The van der Waals surface area contributed by atoms with Gasteiger partial charge >= 0.3 is 0 Å². The molecule has 0 radical (unpaired) electrons. The fraction of sp³-hybridized carbons (Fsp3) is 0.273. The SMILES string of the molecule is CC(=O)C(N=Nc1cc(S(C)(=O)=O)ccc1O)C(N)=O. The molecule has 1 rings (SSSR count). The molecule has 1 aromatic carbocycles. The number of Topliss-reactive ketones (excluding diaryl/α,β-unsaturated/α-hetero) is 1.